The zero-order valence-corrected chi connectivity index (χ0v) is 15.7. The third-order valence-corrected chi connectivity index (χ3v) is 5.13. The fourth-order valence-corrected chi connectivity index (χ4v) is 3.40. The van der Waals surface area contributed by atoms with Gasteiger partial charge in [-0.05, 0) is 29.7 Å². The van der Waals surface area contributed by atoms with E-state index in [2.05, 4.69) is 4.99 Å². The highest BCUT2D eigenvalue weighted by molar-refractivity contribution is 7.12. The molecule has 4 nitrogen and oxygen atoms in total. The van der Waals surface area contributed by atoms with Gasteiger partial charge in [-0.3, -0.25) is 0 Å². The summed E-state index contributed by atoms with van der Waals surface area (Å²) in [4.78, 5) is 17.3. The van der Waals surface area contributed by atoms with Crippen LogP contribution in [0.1, 0.15) is 16.0 Å². The van der Waals surface area contributed by atoms with Crippen molar-refractivity contribution in [3.8, 4) is 5.75 Å². The van der Waals surface area contributed by atoms with Crippen LogP contribution in [0.25, 0.3) is 6.08 Å². The summed E-state index contributed by atoms with van der Waals surface area (Å²) in [5, 5.41) is 2.56. The molecular weight excluding hydrogens is 382 g/mol. The zero-order valence-electron chi connectivity index (χ0n) is 14.1. The molecule has 0 atom stereocenters. The first-order valence-corrected chi connectivity index (χ1v) is 9.48. The van der Waals surface area contributed by atoms with Crippen LogP contribution in [-0.2, 0) is 16.1 Å². The summed E-state index contributed by atoms with van der Waals surface area (Å²) >= 11 is 7.65. The van der Waals surface area contributed by atoms with Crippen LogP contribution in [0, 0.1) is 0 Å². The molecule has 134 valence electrons. The molecule has 0 unspecified atom stereocenters. The Balaban J connectivity index is 1.59. The average Bonchev–Trinajstić information content (AvgIpc) is 3.33. The monoisotopic (exact) mass is 395 g/mol. The van der Waals surface area contributed by atoms with E-state index in [1.165, 1.54) is 11.3 Å². The molecule has 2 aromatic carbocycles. The SMILES string of the molecule is O=C1OC(c2cccs2)=NC1=Cc1ccccc1OCc1ccccc1Cl. The minimum Gasteiger partial charge on any atom is -0.488 e. The van der Waals surface area contributed by atoms with E-state index in [9.17, 15) is 4.79 Å². The second-order valence-corrected chi connectivity index (χ2v) is 7.09. The van der Waals surface area contributed by atoms with E-state index in [-0.39, 0.29) is 5.70 Å². The number of thiophene rings is 1. The minimum atomic E-state index is -0.473. The summed E-state index contributed by atoms with van der Waals surface area (Å²) in [6.45, 7) is 0.327. The van der Waals surface area contributed by atoms with Crippen molar-refractivity contribution in [2.75, 3.05) is 0 Å². The maximum absolute atomic E-state index is 12.2. The van der Waals surface area contributed by atoms with E-state index in [1.807, 2.05) is 66.0 Å². The first kappa shape index (κ1) is 17.5. The highest BCUT2D eigenvalue weighted by Crippen LogP contribution is 2.27. The van der Waals surface area contributed by atoms with E-state index >= 15 is 0 Å². The van der Waals surface area contributed by atoms with Gasteiger partial charge in [-0.15, -0.1) is 11.3 Å². The summed E-state index contributed by atoms with van der Waals surface area (Å²) < 4.78 is 11.2. The highest BCUT2D eigenvalue weighted by Gasteiger charge is 2.25. The number of carbonyl (C=O) groups is 1. The van der Waals surface area contributed by atoms with Gasteiger partial charge in [-0.25, -0.2) is 9.79 Å². The van der Waals surface area contributed by atoms with Crippen LogP contribution in [0.3, 0.4) is 0 Å². The Kier molecular flexibility index (Phi) is 5.05. The molecule has 1 aliphatic heterocycles. The summed E-state index contributed by atoms with van der Waals surface area (Å²) in [6.07, 6.45) is 1.67. The van der Waals surface area contributed by atoms with Crippen LogP contribution in [0.15, 0.2) is 76.7 Å². The van der Waals surface area contributed by atoms with E-state index in [4.69, 9.17) is 21.1 Å². The van der Waals surface area contributed by atoms with Crippen molar-refractivity contribution in [1.29, 1.82) is 0 Å². The third kappa shape index (κ3) is 3.94. The number of ether oxygens (including phenoxy) is 2. The molecule has 0 saturated carbocycles. The van der Waals surface area contributed by atoms with Crippen molar-refractivity contribution in [3.63, 3.8) is 0 Å². The van der Waals surface area contributed by atoms with Crippen molar-refractivity contribution in [1.82, 2.24) is 0 Å². The summed E-state index contributed by atoms with van der Waals surface area (Å²) in [5.74, 6) is 0.493. The zero-order chi connectivity index (χ0) is 18.6. The van der Waals surface area contributed by atoms with Gasteiger partial charge in [0.05, 0.1) is 4.88 Å². The number of esters is 1. The molecule has 0 amide bonds. The van der Waals surface area contributed by atoms with Gasteiger partial charge < -0.3 is 9.47 Å². The Bertz CT molecular complexity index is 1040. The molecule has 0 spiro atoms. The fraction of sp³-hybridized carbons (Fsp3) is 0.0476. The molecule has 2 heterocycles. The van der Waals surface area contributed by atoms with Crippen LogP contribution in [0.4, 0.5) is 0 Å². The predicted octanol–water partition coefficient (Wildman–Crippen LogP) is 5.33. The molecule has 0 bridgehead atoms. The molecule has 0 saturated heterocycles. The molecule has 6 heteroatoms. The summed E-state index contributed by atoms with van der Waals surface area (Å²) in [7, 11) is 0. The Labute approximate surface area is 165 Å². The molecule has 0 aliphatic carbocycles. The Morgan fingerprint density at radius 1 is 1.07 bits per heavy atom. The Morgan fingerprint density at radius 2 is 1.89 bits per heavy atom. The van der Waals surface area contributed by atoms with E-state index in [1.54, 1.807) is 6.08 Å². The normalized spacial score (nSPS) is 14.9. The van der Waals surface area contributed by atoms with E-state index < -0.39 is 5.97 Å². The average molecular weight is 396 g/mol. The smallest absolute Gasteiger partial charge is 0.363 e. The van der Waals surface area contributed by atoms with Gasteiger partial charge in [0.1, 0.15) is 12.4 Å². The van der Waals surface area contributed by atoms with Crippen molar-refractivity contribution in [2.45, 2.75) is 6.61 Å². The van der Waals surface area contributed by atoms with Gasteiger partial charge in [0.15, 0.2) is 5.70 Å². The molecule has 1 aromatic heterocycles. The molecule has 1 aliphatic rings. The Morgan fingerprint density at radius 3 is 2.70 bits per heavy atom. The number of cyclic esters (lactones) is 1. The van der Waals surface area contributed by atoms with Gasteiger partial charge >= 0.3 is 5.97 Å². The van der Waals surface area contributed by atoms with Crippen LogP contribution in [0.5, 0.6) is 5.75 Å². The quantitative estimate of drug-likeness (QED) is 0.433. The molecule has 0 N–H and O–H groups in total. The maximum atomic E-state index is 12.2. The molecular formula is C21H14ClNO3S. The number of carbonyl (C=O) groups excluding carboxylic acids is 1. The number of rotatable bonds is 5. The number of nitrogens with zero attached hydrogens (tertiary/aromatic N) is 1. The first-order valence-electron chi connectivity index (χ1n) is 8.22. The van der Waals surface area contributed by atoms with Crippen molar-refractivity contribution in [3.05, 3.63) is 92.8 Å². The number of benzene rings is 2. The highest BCUT2D eigenvalue weighted by atomic mass is 35.5. The largest absolute Gasteiger partial charge is 0.488 e. The summed E-state index contributed by atoms with van der Waals surface area (Å²) in [6, 6.07) is 18.7. The van der Waals surface area contributed by atoms with E-state index in [0.717, 1.165) is 16.0 Å². The fourth-order valence-electron chi connectivity index (χ4n) is 2.56. The van der Waals surface area contributed by atoms with Crippen molar-refractivity contribution >= 4 is 40.9 Å². The van der Waals surface area contributed by atoms with Crippen LogP contribution in [0.2, 0.25) is 5.02 Å². The van der Waals surface area contributed by atoms with Crippen LogP contribution in [-0.4, -0.2) is 11.9 Å². The lowest BCUT2D eigenvalue weighted by Gasteiger charge is -2.10. The van der Waals surface area contributed by atoms with Gasteiger partial charge in [-0.1, -0.05) is 54.1 Å². The van der Waals surface area contributed by atoms with Crippen LogP contribution < -0.4 is 4.74 Å². The number of halogens is 1. The van der Waals surface area contributed by atoms with Gasteiger partial charge in [0.2, 0.25) is 5.90 Å². The Hall–Kier alpha value is -2.89. The topological polar surface area (TPSA) is 47.9 Å². The lowest BCUT2D eigenvalue weighted by molar-refractivity contribution is -0.129. The van der Waals surface area contributed by atoms with Gasteiger partial charge in [-0.2, -0.15) is 0 Å². The summed E-state index contributed by atoms with van der Waals surface area (Å²) in [5.41, 5.74) is 1.87. The molecule has 27 heavy (non-hydrogen) atoms. The molecule has 4 rings (SSSR count). The second kappa shape index (κ2) is 7.78. The van der Waals surface area contributed by atoms with Crippen molar-refractivity contribution in [2.24, 2.45) is 4.99 Å². The second-order valence-electron chi connectivity index (χ2n) is 5.73. The van der Waals surface area contributed by atoms with E-state index in [0.29, 0.717) is 23.3 Å². The standard InChI is InChI=1S/C21H14ClNO3S/c22-16-8-3-1-7-15(16)13-25-18-9-4-2-6-14(18)12-17-21(24)26-20(23-17)19-10-5-11-27-19/h1-12H,13H2. The number of aliphatic imine (C=N–C) groups is 1. The van der Waals surface area contributed by atoms with Crippen LogP contribution >= 0.6 is 22.9 Å². The number of hydrogen-bond donors (Lipinski definition) is 0. The minimum absolute atomic E-state index is 0.243. The first-order chi connectivity index (χ1) is 13.2. The predicted molar refractivity (Wildman–Crippen MR) is 107 cm³/mol. The van der Waals surface area contributed by atoms with Gasteiger partial charge in [0.25, 0.3) is 0 Å². The number of para-hydroxylation sites is 1. The van der Waals surface area contributed by atoms with Crippen molar-refractivity contribution < 1.29 is 14.3 Å². The number of hydrogen-bond acceptors (Lipinski definition) is 5. The maximum Gasteiger partial charge on any atom is 0.363 e. The third-order valence-electron chi connectivity index (χ3n) is 3.90. The lowest BCUT2D eigenvalue weighted by atomic mass is 10.1. The molecule has 3 aromatic rings. The molecule has 0 radical (unpaired) electrons. The van der Waals surface area contributed by atoms with Gasteiger partial charge in [0, 0.05) is 16.1 Å². The lowest BCUT2D eigenvalue weighted by Crippen LogP contribution is -2.03. The molecule has 0 fully saturated rings.